The molecule has 2 heterocycles. The highest BCUT2D eigenvalue weighted by atomic mass is 16.5. The van der Waals surface area contributed by atoms with E-state index in [1.807, 2.05) is 0 Å². The molecule has 2 aliphatic rings. The number of rotatable bonds is 5. The maximum absolute atomic E-state index is 5.72. The van der Waals surface area contributed by atoms with Crippen molar-refractivity contribution in [2.75, 3.05) is 32.8 Å². The molecule has 0 bridgehead atoms. The van der Waals surface area contributed by atoms with Crippen molar-refractivity contribution >= 4 is 0 Å². The van der Waals surface area contributed by atoms with Gasteiger partial charge in [-0.1, -0.05) is 20.8 Å². The van der Waals surface area contributed by atoms with Crippen LogP contribution in [0.5, 0.6) is 0 Å². The van der Waals surface area contributed by atoms with Gasteiger partial charge in [-0.15, -0.1) is 0 Å². The molecular weight excluding hydrogens is 236 g/mol. The van der Waals surface area contributed by atoms with Crippen molar-refractivity contribution in [1.29, 1.82) is 0 Å². The predicted octanol–water partition coefficient (Wildman–Crippen LogP) is 2.51. The van der Waals surface area contributed by atoms with E-state index in [4.69, 9.17) is 4.74 Å². The third-order valence-corrected chi connectivity index (χ3v) is 4.91. The minimum atomic E-state index is 0.445. The maximum Gasteiger partial charge on any atom is 0.0726 e. The molecule has 2 rings (SSSR count). The lowest BCUT2D eigenvalue weighted by Crippen LogP contribution is -2.41. The van der Waals surface area contributed by atoms with Gasteiger partial charge in [-0.2, -0.15) is 0 Å². The first-order valence-electron chi connectivity index (χ1n) is 8.04. The quantitative estimate of drug-likeness (QED) is 0.829. The van der Waals surface area contributed by atoms with Gasteiger partial charge < -0.3 is 15.0 Å². The molecule has 0 aromatic carbocycles. The van der Waals surface area contributed by atoms with E-state index >= 15 is 0 Å². The first-order chi connectivity index (χ1) is 8.97. The zero-order chi connectivity index (χ0) is 13.9. The molecule has 1 N–H and O–H groups in total. The van der Waals surface area contributed by atoms with Gasteiger partial charge in [-0.05, 0) is 44.1 Å². The Morgan fingerprint density at radius 1 is 1.32 bits per heavy atom. The summed E-state index contributed by atoms with van der Waals surface area (Å²) in [6, 6.07) is 0.503. The van der Waals surface area contributed by atoms with E-state index in [9.17, 15) is 0 Å². The second-order valence-corrected chi connectivity index (χ2v) is 7.45. The number of likely N-dealkylation sites (tertiary alicyclic amines) is 1. The van der Waals surface area contributed by atoms with Gasteiger partial charge in [0.05, 0.1) is 6.10 Å². The monoisotopic (exact) mass is 268 g/mol. The lowest BCUT2D eigenvalue weighted by molar-refractivity contribution is 0.0828. The fourth-order valence-electron chi connectivity index (χ4n) is 3.32. The number of hydrogen-bond acceptors (Lipinski definition) is 3. The second kappa shape index (κ2) is 6.55. The van der Waals surface area contributed by atoms with E-state index in [-0.39, 0.29) is 0 Å². The molecule has 112 valence electrons. The van der Waals surface area contributed by atoms with Gasteiger partial charge in [0.25, 0.3) is 0 Å². The topological polar surface area (TPSA) is 24.5 Å². The van der Waals surface area contributed by atoms with Crippen LogP contribution in [0, 0.1) is 11.3 Å². The Bertz CT molecular complexity index is 268. The van der Waals surface area contributed by atoms with Gasteiger partial charge in [-0.3, -0.25) is 0 Å². The molecule has 2 saturated heterocycles. The summed E-state index contributed by atoms with van der Waals surface area (Å²) in [6.07, 6.45) is 4.27. The van der Waals surface area contributed by atoms with E-state index in [0.29, 0.717) is 17.6 Å². The van der Waals surface area contributed by atoms with Crippen LogP contribution in [0.2, 0.25) is 0 Å². The summed E-state index contributed by atoms with van der Waals surface area (Å²) >= 11 is 0. The molecule has 3 unspecified atom stereocenters. The van der Waals surface area contributed by atoms with E-state index < -0.39 is 0 Å². The summed E-state index contributed by atoms with van der Waals surface area (Å²) in [5.41, 5.74) is 0.465. The van der Waals surface area contributed by atoms with Crippen molar-refractivity contribution in [3.05, 3.63) is 0 Å². The summed E-state index contributed by atoms with van der Waals surface area (Å²) in [7, 11) is 0. The molecule has 2 fully saturated rings. The normalized spacial score (nSPS) is 30.9. The lowest BCUT2D eigenvalue weighted by atomic mass is 9.80. The van der Waals surface area contributed by atoms with E-state index in [1.165, 1.54) is 38.9 Å². The SMILES string of the molecule is CC(NCCN1CCC(C(C)(C)C)C1)C1CCCO1. The van der Waals surface area contributed by atoms with Crippen LogP contribution >= 0.6 is 0 Å². The fourth-order valence-corrected chi connectivity index (χ4v) is 3.32. The fraction of sp³-hybridized carbons (Fsp3) is 1.00. The average Bonchev–Trinajstić information content (AvgIpc) is 2.99. The Morgan fingerprint density at radius 2 is 2.11 bits per heavy atom. The van der Waals surface area contributed by atoms with Crippen molar-refractivity contribution in [2.24, 2.45) is 11.3 Å². The highest BCUT2D eigenvalue weighted by Crippen LogP contribution is 2.33. The van der Waals surface area contributed by atoms with Crippen molar-refractivity contribution in [3.63, 3.8) is 0 Å². The van der Waals surface area contributed by atoms with E-state index in [0.717, 1.165) is 19.1 Å². The molecule has 19 heavy (non-hydrogen) atoms. The molecule has 0 aromatic heterocycles. The Hall–Kier alpha value is -0.120. The molecule has 3 atom stereocenters. The zero-order valence-corrected chi connectivity index (χ0v) is 13.2. The highest BCUT2D eigenvalue weighted by Gasteiger charge is 2.31. The van der Waals surface area contributed by atoms with Crippen molar-refractivity contribution in [1.82, 2.24) is 10.2 Å². The summed E-state index contributed by atoms with van der Waals surface area (Å²) in [6.45, 7) is 15.2. The van der Waals surface area contributed by atoms with Crippen molar-refractivity contribution in [3.8, 4) is 0 Å². The van der Waals surface area contributed by atoms with Crippen LogP contribution in [-0.2, 0) is 4.74 Å². The third-order valence-electron chi connectivity index (χ3n) is 4.91. The summed E-state index contributed by atoms with van der Waals surface area (Å²) in [5.74, 6) is 0.864. The predicted molar refractivity (Wildman–Crippen MR) is 80.4 cm³/mol. The number of nitrogens with zero attached hydrogens (tertiary/aromatic N) is 1. The number of ether oxygens (including phenoxy) is 1. The molecule has 0 spiro atoms. The van der Waals surface area contributed by atoms with Gasteiger partial charge in [-0.25, -0.2) is 0 Å². The Morgan fingerprint density at radius 3 is 2.68 bits per heavy atom. The molecule has 0 radical (unpaired) electrons. The minimum Gasteiger partial charge on any atom is -0.377 e. The van der Waals surface area contributed by atoms with Crippen LogP contribution in [0.4, 0.5) is 0 Å². The molecule has 2 aliphatic heterocycles. The van der Waals surface area contributed by atoms with Gasteiger partial charge in [0.15, 0.2) is 0 Å². The molecule has 0 saturated carbocycles. The largest absolute Gasteiger partial charge is 0.377 e. The molecule has 0 aliphatic carbocycles. The van der Waals surface area contributed by atoms with Crippen LogP contribution < -0.4 is 5.32 Å². The maximum atomic E-state index is 5.72. The lowest BCUT2D eigenvalue weighted by Gasteiger charge is -2.27. The number of hydrogen-bond donors (Lipinski definition) is 1. The Balaban J connectivity index is 1.61. The smallest absolute Gasteiger partial charge is 0.0726 e. The van der Waals surface area contributed by atoms with Crippen LogP contribution in [0.25, 0.3) is 0 Å². The van der Waals surface area contributed by atoms with Crippen molar-refractivity contribution < 1.29 is 4.74 Å². The van der Waals surface area contributed by atoms with E-state index in [1.54, 1.807) is 0 Å². The van der Waals surface area contributed by atoms with Gasteiger partial charge in [0.1, 0.15) is 0 Å². The first-order valence-corrected chi connectivity index (χ1v) is 8.04. The highest BCUT2D eigenvalue weighted by molar-refractivity contribution is 4.84. The van der Waals surface area contributed by atoms with Gasteiger partial charge >= 0.3 is 0 Å². The minimum absolute atomic E-state index is 0.445. The average molecular weight is 268 g/mol. The molecule has 0 amide bonds. The molecular formula is C16H32N2O. The molecule has 3 nitrogen and oxygen atoms in total. The van der Waals surface area contributed by atoms with Crippen LogP contribution in [0.3, 0.4) is 0 Å². The third kappa shape index (κ3) is 4.44. The number of nitrogens with one attached hydrogen (secondary N) is 1. The standard InChI is InChI=1S/C16H32N2O/c1-13(15-6-5-11-19-15)17-8-10-18-9-7-14(12-18)16(2,3)4/h13-15,17H,5-12H2,1-4H3. The Labute approximate surface area is 119 Å². The van der Waals surface area contributed by atoms with Crippen LogP contribution in [-0.4, -0.2) is 49.8 Å². The summed E-state index contributed by atoms with van der Waals surface area (Å²) < 4.78 is 5.72. The summed E-state index contributed by atoms with van der Waals surface area (Å²) in [5, 5.41) is 3.64. The second-order valence-electron chi connectivity index (χ2n) is 7.45. The Kier molecular flexibility index (Phi) is 5.27. The van der Waals surface area contributed by atoms with E-state index in [2.05, 4.69) is 37.9 Å². The first kappa shape index (κ1) is 15.3. The summed E-state index contributed by atoms with van der Waals surface area (Å²) in [4.78, 5) is 2.62. The van der Waals surface area contributed by atoms with Gasteiger partial charge in [0.2, 0.25) is 0 Å². The zero-order valence-electron chi connectivity index (χ0n) is 13.2. The van der Waals surface area contributed by atoms with Crippen molar-refractivity contribution in [2.45, 2.75) is 59.1 Å². The van der Waals surface area contributed by atoms with Crippen LogP contribution in [0.1, 0.15) is 47.0 Å². The van der Waals surface area contributed by atoms with Gasteiger partial charge in [0, 0.05) is 32.3 Å². The molecule has 0 aromatic rings. The van der Waals surface area contributed by atoms with Crippen LogP contribution in [0.15, 0.2) is 0 Å². The molecule has 3 heteroatoms.